The van der Waals surface area contributed by atoms with Crippen molar-refractivity contribution in [1.82, 2.24) is 5.32 Å². The van der Waals surface area contributed by atoms with Crippen molar-refractivity contribution in [3.63, 3.8) is 0 Å². The Morgan fingerprint density at radius 3 is 1.47 bits per heavy atom. The van der Waals surface area contributed by atoms with Crippen LogP contribution in [-0.2, 0) is 9.59 Å². The van der Waals surface area contributed by atoms with E-state index in [9.17, 15) is 66.7 Å². The van der Waals surface area contributed by atoms with E-state index in [0.29, 0.717) is 0 Å². The van der Waals surface area contributed by atoms with Gasteiger partial charge in [0, 0.05) is 13.0 Å². The zero-order chi connectivity index (χ0) is 24.4. The maximum atomic E-state index is 13.4. The largest absolute Gasteiger partial charge is 0.481 e. The van der Waals surface area contributed by atoms with Crippen molar-refractivity contribution < 1.29 is 71.8 Å². The van der Waals surface area contributed by atoms with E-state index in [0.717, 1.165) is 5.32 Å². The summed E-state index contributed by atoms with van der Waals surface area (Å²) in [5, 5.41) is 9.20. The van der Waals surface area contributed by atoms with Crippen LogP contribution in [0.3, 0.4) is 0 Å². The maximum Gasteiger partial charge on any atom is 0.460 e. The van der Waals surface area contributed by atoms with E-state index < -0.39 is 60.6 Å². The van der Waals surface area contributed by atoms with Gasteiger partial charge < -0.3 is 10.4 Å². The Bertz CT molecular complexity index is 630. The first kappa shape index (κ1) is 28.0. The van der Waals surface area contributed by atoms with Crippen LogP contribution in [0.1, 0.15) is 25.7 Å². The smallest absolute Gasteiger partial charge is 0.460 e. The van der Waals surface area contributed by atoms with E-state index in [2.05, 4.69) is 0 Å². The van der Waals surface area contributed by atoms with Gasteiger partial charge in [0.2, 0.25) is 0 Å². The molecule has 0 aromatic heterocycles. The van der Waals surface area contributed by atoms with Gasteiger partial charge in [0.25, 0.3) is 5.91 Å². The SMILES string of the molecule is O=C(O)CCCCCNC(=O)C(F)(F)C(F)(F)C(F)(F)C(F)(F)C(F)(F)C(F)(F)F. The highest BCUT2D eigenvalue weighted by molar-refractivity contribution is 5.84. The molecule has 0 aromatic rings. The molecule has 178 valence electrons. The van der Waals surface area contributed by atoms with Gasteiger partial charge in [0.05, 0.1) is 0 Å². The highest BCUT2D eigenvalue weighted by Gasteiger charge is 2.91. The molecule has 0 spiro atoms. The average Bonchev–Trinajstić information content (AvgIpc) is 2.55. The first-order valence-corrected chi connectivity index (χ1v) is 7.55. The van der Waals surface area contributed by atoms with Crippen molar-refractivity contribution in [2.45, 2.75) is 61.5 Å². The number of aliphatic carboxylic acids is 1. The van der Waals surface area contributed by atoms with Crippen LogP contribution in [0, 0.1) is 0 Å². The lowest BCUT2D eigenvalue weighted by Crippen LogP contribution is -2.72. The highest BCUT2D eigenvalue weighted by Crippen LogP contribution is 2.60. The minimum absolute atomic E-state index is 0.0887. The van der Waals surface area contributed by atoms with Gasteiger partial charge in [-0.15, -0.1) is 0 Å². The Labute approximate surface area is 158 Å². The van der Waals surface area contributed by atoms with Gasteiger partial charge >= 0.3 is 41.8 Å². The lowest BCUT2D eigenvalue weighted by atomic mass is 9.93. The fraction of sp³-hybridized carbons (Fsp3) is 0.846. The molecule has 17 heteroatoms. The van der Waals surface area contributed by atoms with Crippen molar-refractivity contribution in [3.05, 3.63) is 0 Å². The van der Waals surface area contributed by atoms with Crippen LogP contribution >= 0.6 is 0 Å². The van der Waals surface area contributed by atoms with Crippen LogP contribution in [0.15, 0.2) is 0 Å². The topological polar surface area (TPSA) is 66.4 Å². The first-order valence-electron chi connectivity index (χ1n) is 7.55. The average molecular weight is 477 g/mol. The Hall–Kier alpha value is -1.97. The number of nitrogens with one attached hydrogen (secondary N) is 1. The Kier molecular flexibility index (Phi) is 8.08. The molecule has 0 saturated heterocycles. The molecule has 0 bridgehead atoms. The van der Waals surface area contributed by atoms with E-state index >= 15 is 0 Å². The molecule has 0 atom stereocenters. The number of unbranched alkanes of at least 4 members (excludes halogenated alkanes) is 2. The molecule has 0 unspecified atom stereocenters. The summed E-state index contributed by atoms with van der Waals surface area (Å²) >= 11 is 0. The highest BCUT2D eigenvalue weighted by atomic mass is 19.4. The van der Waals surface area contributed by atoms with Gasteiger partial charge in [-0.3, -0.25) is 9.59 Å². The molecule has 0 aliphatic rings. The summed E-state index contributed by atoms with van der Waals surface area (Å²) in [5.74, 6) is -43.1. The van der Waals surface area contributed by atoms with E-state index in [1.807, 2.05) is 0 Å². The number of carboxylic acids is 1. The second kappa shape index (κ2) is 8.64. The zero-order valence-corrected chi connectivity index (χ0v) is 14.2. The van der Waals surface area contributed by atoms with Crippen LogP contribution in [0.2, 0.25) is 0 Å². The quantitative estimate of drug-likeness (QED) is 0.341. The molecule has 0 radical (unpaired) electrons. The predicted molar refractivity (Wildman–Crippen MR) is 69.9 cm³/mol. The molecule has 0 aliphatic carbocycles. The van der Waals surface area contributed by atoms with E-state index in [-0.39, 0.29) is 19.3 Å². The Morgan fingerprint density at radius 1 is 0.633 bits per heavy atom. The fourth-order valence-corrected chi connectivity index (χ4v) is 1.80. The molecule has 0 saturated carbocycles. The third-order valence-corrected chi connectivity index (χ3v) is 3.57. The molecule has 0 aliphatic heterocycles. The molecule has 2 N–H and O–H groups in total. The van der Waals surface area contributed by atoms with Crippen molar-refractivity contribution in [1.29, 1.82) is 0 Å². The molecule has 0 rings (SSSR count). The summed E-state index contributed by atoms with van der Waals surface area (Å²) in [6, 6.07) is 0. The summed E-state index contributed by atoms with van der Waals surface area (Å²) < 4.78 is 167. The van der Waals surface area contributed by atoms with Gasteiger partial charge in [-0.05, 0) is 12.8 Å². The van der Waals surface area contributed by atoms with E-state index in [1.54, 1.807) is 0 Å². The number of carboxylic acid groups (broad SMARTS) is 1. The van der Waals surface area contributed by atoms with Crippen molar-refractivity contribution in [2.75, 3.05) is 6.54 Å². The summed E-state index contributed by atoms with van der Waals surface area (Å²) in [6.07, 6.45) is -8.52. The van der Waals surface area contributed by atoms with Crippen molar-refractivity contribution >= 4 is 11.9 Å². The predicted octanol–water partition coefficient (Wildman–Crippen LogP) is 4.49. The van der Waals surface area contributed by atoms with Crippen molar-refractivity contribution in [3.8, 4) is 0 Å². The van der Waals surface area contributed by atoms with Gasteiger partial charge in [-0.1, -0.05) is 6.42 Å². The molecule has 4 nitrogen and oxygen atoms in total. The van der Waals surface area contributed by atoms with Crippen LogP contribution in [0.25, 0.3) is 0 Å². The number of hydrogen-bond donors (Lipinski definition) is 2. The number of amides is 1. The van der Waals surface area contributed by atoms with Gasteiger partial charge in [-0.2, -0.15) is 57.1 Å². The van der Waals surface area contributed by atoms with E-state index in [1.165, 1.54) is 0 Å². The summed E-state index contributed by atoms with van der Waals surface area (Å²) in [7, 11) is 0. The minimum Gasteiger partial charge on any atom is -0.481 e. The van der Waals surface area contributed by atoms with Gasteiger partial charge in [0.1, 0.15) is 0 Å². The normalized spacial score (nSPS) is 14.6. The summed E-state index contributed by atoms with van der Waals surface area (Å²) in [6.45, 7) is -0.981. The Balaban J connectivity index is 5.54. The molecule has 30 heavy (non-hydrogen) atoms. The summed E-state index contributed by atoms with van der Waals surface area (Å²) in [5.41, 5.74) is 0. The monoisotopic (exact) mass is 477 g/mol. The van der Waals surface area contributed by atoms with Crippen LogP contribution < -0.4 is 5.32 Å². The number of carbonyl (C=O) groups is 2. The molecule has 1 amide bonds. The molecular formula is C13H12F13NO3. The third kappa shape index (κ3) is 4.84. The lowest BCUT2D eigenvalue weighted by Gasteiger charge is -2.39. The number of halogens is 13. The number of rotatable bonds is 11. The molecule has 0 aromatic carbocycles. The number of alkyl halides is 13. The van der Waals surface area contributed by atoms with E-state index in [4.69, 9.17) is 5.11 Å². The van der Waals surface area contributed by atoms with Gasteiger partial charge in [-0.25, -0.2) is 0 Å². The van der Waals surface area contributed by atoms with Crippen molar-refractivity contribution in [2.24, 2.45) is 0 Å². The van der Waals surface area contributed by atoms with Crippen LogP contribution in [0.4, 0.5) is 57.1 Å². The third-order valence-electron chi connectivity index (χ3n) is 3.57. The number of hydrogen-bond acceptors (Lipinski definition) is 2. The molecular weight excluding hydrogens is 465 g/mol. The zero-order valence-electron chi connectivity index (χ0n) is 14.2. The second-order valence-corrected chi connectivity index (χ2v) is 5.83. The first-order chi connectivity index (χ1) is 13.1. The maximum absolute atomic E-state index is 13.4. The summed E-state index contributed by atoms with van der Waals surface area (Å²) in [4.78, 5) is 21.2. The van der Waals surface area contributed by atoms with Gasteiger partial charge in [0.15, 0.2) is 0 Å². The molecule has 0 fully saturated rings. The fourth-order valence-electron chi connectivity index (χ4n) is 1.80. The second-order valence-electron chi connectivity index (χ2n) is 5.83. The lowest BCUT2D eigenvalue weighted by molar-refractivity contribution is -0.436. The van der Waals surface area contributed by atoms with Crippen LogP contribution in [0.5, 0.6) is 0 Å². The number of carbonyl (C=O) groups excluding carboxylic acids is 1. The van der Waals surface area contributed by atoms with Crippen LogP contribution in [-0.4, -0.2) is 59.3 Å². The standard InChI is InChI=1S/C13H12F13NO3/c14-8(15,7(30)27-5-3-1-2-4-6(28)29)9(16,17)10(18,19)11(20,21)12(22,23)13(24,25)26/h1-5H2,(H,27,30)(H,28,29). The Morgan fingerprint density at radius 2 is 1.07 bits per heavy atom. The minimum atomic E-state index is -8.07. The molecule has 0 heterocycles.